The minimum Gasteiger partial charge on any atom is -0.480 e. The number of carboxylic acids is 1. The largest absolute Gasteiger partial charge is 0.480 e. The van der Waals surface area contributed by atoms with Crippen LogP contribution < -0.4 is 11.2 Å². The molecule has 0 spiro atoms. The second-order valence-corrected chi connectivity index (χ2v) is 7.42. The fourth-order valence-electron chi connectivity index (χ4n) is 2.28. The van der Waals surface area contributed by atoms with Crippen LogP contribution in [0.2, 0.25) is 0 Å². The van der Waals surface area contributed by atoms with Crippen molar-refractivity contribution >= 4 is 15.8 Å². The van der Waals surface area contributed by atoms with Crippen LogP contribution in [0.1, 0.15) is 11.1 Å². The zero-order chi connectivity index (χ0) is 17.9. The lowest BCUT2D eigenvalue weighted by molar-refractivity contribution is -0.137. The number of benzene rings is 1. The van der Waals surface area contributed by atoms with Crippen LogP contribution in [0.25, 0.3) is 0 Å². The number of aliphatic carboxylic acids is 1. The minimum atomic E-state index is -3.66. The highest BCUT2D eigenvalue weighted by Crippen LogP contribution is 2.09. The van der Waals surface area contributed by atoms with E-state index in [0.29, 0.717) is 10.1 Å². The highest BCUT2D eigenvalue weighted by molar-refractivity contribution is 7.89. The number of sulfone groups is 1. The molecule has 1 aromatic heterocycles. The standard InChI is InChI=1S/C15H16N2O6S/c1-16-7-12(14(20)17(15(16)21)8-13(18)19)10-24(22,23)9-11-5-3-2-4-6-11/h2-7H,8-10H2,1H3,(H,18,19). The van der Waals surface area contributed by atoms with Gasteiger partial charge in [-0.25, -0.2) is 17.8 Å². The molecule has 0 radical (unpaired) electrons. The molecule has 0 aliphatic rings. The summed E-state index contributed by atoms with van der Waals surface area (Å²) in [4.78, 5) is 34.9. The lowest BCUT2D eigenvalue weighted by atomic mass is 10.2. The zero-order valence-electron chi connectivity index (χ0n) is 12.9. The van der Waals surface area contributed by atoms with Gasteiger partial charge in [-0.3, -0.25) is 9.59 Å². The van der Waals surface area contributed by atoms with Gasteiger partial charge in [-0.15, -0.1) is 0 Å². The van der Waals surface area contributed by atoms with Gasteiger partial charge < -0.3 is 9.67 Å². The maximum absolute atomic E-state index is 12.3. The number of carbonyl (C=O) groups is 1. The van der Waals surface area contributed by atoms with E-state index >= 15 is 0 Å². The highest BCUT2D eigenvalue weighted by atomic mass is 32.2. The van der Waals surface area contributed by atoms with Gasteiger partial charge in [-0.05, 0) is 5.56 Å². The Balaban J connectivity index is 2.39. The van der Waals surface area contributed by atoms with Gasteiger partial charge in [0.25, 0.3) is 5.56 Å². The topological polar surface area (TPSA) is 115 Å². The quantitative estimate of drug-likeness (QED) is 0.766. The van der Waals surface area contributed by atoms with E-state index in [2.05, 4.69) is 0 Å². The summed E-state index contributed by atoms with van der Waals surface area (Å²) in [6.07, 6.45) is 1.13. The molecule has 2 rings (SSSR count). The number of hydrogen-bond acceptors (Lipinski definition) is 5. The predicted molar refractivity (Wildman–Crippen MR) is 86.3 cm³/mol. The van der Waals surface area contributed by atoms with E-state index in [4.69, 9.17) is 5.11 Å². The van der Waals surface area contributed by atoms with Crippen LogP contribution in [0.4, 0.5) is 0 Å². The first-order chi connectivity index (χ1) is 11.2. The third-order valence-electron chi connectivity index (χ3n) is 3.30. The Labute approximate surface area is 137 Å². The molecule has 0 atom stereocenters. The Morgan fingerprint density at radius 3 is 2.33 bits per heavy atom. The van der Waals surface area contributed by atoms with E-state index in [-0.39, 0.29) is 11.3 Å². The molecule has 0 amide bonds. The lowest BCUT2D eigenvalue weighted by Gasteiger charge is -2.09. The van der Waals surface area contributed by atoms with Crippen LogP contribution in [-0.4, -0.2) is 28.6 Å². The Bertz CT molecular complexity index is 973. The monoisotopic (exact) mass is 352 g/mol. The molecule has 1 heterocycles. The number of nitrogens with zero attached hydrogens (tertiary/aromatic N) is 2. The van der Waals surface area contributed by atoms with Crippen molar-refractivity contribution in [2.45, 2.75) is 18.1 Å². The van der Waals surface area contributed by atoms with Gasteiger partial charge in [0.05, 0.1) is 11.5 Å². The normalized spacial score (nSPS) is 11.4. The third kappa shape index (κ3) is 4.19. The second kappa shape index (κ2) is 6.83. The van der Waals surface area contributed by atoms with Gasteiger partial charge in [-0.2, -0.15) is 0 Å². The molecule has 0 aliphatic heterocycles. The van der Waals surface area contributed by atoms with Crippen LogP contribution in [0.3, 0.4) is 0 Å². The fraction of sp³-hybridized carbons (Fsp3) is 0.267. The third-order valence-corrected chi connectivity index (χ3v) is 4.82. The van der Waals surface area contributed by atoms with Gasteiger partial charge in [-0.1, -0.05) is 30.3 Å². The lowest BCUT2D eigenvalue weighted by Crippen LogP contribution is -2.42. The van der Waals surface area contributed by atoms with Crippen molar-refractivity contribution in [2.75, 3.05) is 0 Å². The summed E-state index contributed by atoms with van der Waals surface area (Å²) in [5.41, 5.74) is -1.29. The second-order valence-electron chi connectivity index (χ2n) is 5.35. The number of rotatable bonds is 6. The molecular formula is C15H16N2O6S. The molecule has 9 heteroatoms. The maximum Gasteiger partial charge on any atom is 0.331 e. The van der Waals surface area contributed by atoms with Gasteiger partial charge in [0.15, 0.2) is 9.84 Å². The van der Waals surface area contributed by atoms with Crippen molar-refractivity contribution in [1.82, 2.24) is 9.13 Å². The van der Waals surface area contributed by atoms with Crippen LogP contribution in [-0.2, 0) is 39.7 Å². The van der Waals surface area contributed by atoms with Gasteiger partial charge in [0.1, 0.15) is 6.54 Å². The Morgan fingerprint density at radius 2 is 1.75 bits per heavy atom. The molecule has 1 N–H and O–H groups in total. The van der Waals surface area contributed by atoms with Crippen molar-refractivity contribution in [1.29, 1.82) is 0 Å². The van der Waals surface area contributed by atoms with Crippen molar-refractivity contribution in [2.24, 2.45) is 7.05 Å². The average molecular weight is 352 g/mol. The van der Waals surface area contributed by atoms with Crippen LogP contribution >= 0.6 is 0 Å². The first-order valence-electron chi connectivity index (χ1n) is 6.95. The Hall–Kier alpha value is -2.68. The van der Waals surface area contributed by atoms with Crippen molar-refractivity contribution < 1.29 is 18.3 Å². The van der Waals surface area contributed by atoms with E-state index in [9.17, 15) is 22.8 Å². The van der Waals surface area contributed by atoms with Crippen LogP contribution in [0.15, 0.2) is 46.1 Å². The van der Waals surface area contributed by atoms with E-state index < -0.39 is 39.4 Å². The van der Waals surface area contributed by atoms with E-state index in [1.54, 1.807) is 30.3 Å². The summed E-state index contributed by atoms with van der Waals surface area (Å²) in [7, 11) is -2.33. The van der Waals surface area contributed by atoms with Crippen molar-refractivity contribution in [3.8, 4) is 0 Å². The van der Waals surface area contributed by atoms with Crippen LogP contribution in [0, 0.1) is 0 Å². The molecule has 0 saturated carbocycles. The van der Waals surface area contributed by atoms with Gasteiger partial charge >= 0.3 is 11.7 Å². The molecule has 8 nitrogen and oxygen atoms in total. The molecule has 1 aromatic carbocycles. The molecule has 0 bridgehead atoms. The molecule has 128 valence electrons. The number of hydrogen-bond donors (Lipinski definition) is 1. The zero-order valence-corrected chi connectivity index (χ0v) is 13.7. The van der Waals surface area contributed by atoms with E-state index in [1.807, 2.05) is 0 Å². The Kier molecular flexibility index (Phi) is 5.03. The molecule has 0 saturated heterocycles. The summed E-state index contributed by atoms with van der Waals surface area (Å²) in [5, 5.41) is 8.80. The highest BCUT2D eigenvalue weighted by Gasteiger charge is 2.19. The van der Waals surface area contributed by atoms with Crippen LogP contribution in [0.5, 0.6) is 0 Å². The number of aromatic nitrogens is 2. The minimum absolute atomic E-state index is 0.144. The molecule has 0 aliphatic carbocycles. The smallest absolute Gasteiger partial charge is 0.331 e. The van der Waals surface area contributed by atoms with Crippen molar-refractivity contribution in [3.05, 3.63) is 68.5 Å². The van der Waals surface area contributed by atoms with E-state index in [0.717, 1.165) is 10.8 Å². The van der Waals surface area contributed by atoms with Crippen molar-refractivity contribution in [3.63, 3.8) is 0 Å². The van der Waals surface area contributed by atoms with E-state index in [1.165, 1.54) is 7.05 Å². The Morgan fingerprint density at radius 1 is 1.12 bits per heavy atom. The number of carboxylic acid groups (broad SMARTS) is 1. The molecule has 0 fully saturated rings. The summed E-state index contributed by atoms with van der Waals surface area (Å²) in [5.74, 6) is -2.19. The summed E-state index contributed by atoms with van der Waals surface area (Å²) < 4.78 is 26.1. The first-order valence-corrected chi connectivity index (χ1v) is 8.77. The van der Waals surface area contributed by atoms with Gasteiger partial charge in [0.2, 0.25) is 0 Å². The fourth-order valence-corrected chi connectivity index (χ4v) is 3.76. The summed E-state index contributed by atoms with van der Waals surface area (Å²) >= 11 is 0. The SMILES string of the molecule is Cn1cc(CS(=O)(=O)Cc2ccccc2)c(=O)n(CC(=O)O)c1=O. The maximum atomic E-state index is 12.3. The summed E-state index contributed by atoms with van der Waals surface area (Å²) in [6.45, 7) is -0.821. The molecule has 0 unspecified atom stereocenters. The van der Waals surface area contributed by atoms with Gasteiger partial charge in [0, 0.05) is 18.8 Å². The molecule has 24 heavy (non-hydrogen) atoms. The average Bonchev–Trinajstić information content (AvgIpc) is 2.49. The summed E-state index contributed by atoms with van der Waals surface area (Å²) in [6, 6.07) is 8.48. The first kappa shape index (κ1) is 17.7. The molecule has 2 aromatic rings. The predicted octanol–water partition coefficient (Wildman–Crippen LogP) is -0.253. The number of aryl methyl sites for hydroxylation is 1. The molecular weight excluding hydrogens is 336 g/mol.